The maximum Gasteiger partial charge on any atom is 0.407 e. The van der Waals surface area contributed by atoms with Crippen molar-refractivity contribution in [2.45, 2.75) is 73.4 Å². The van der Waals surface area contributed by atoms with Crippen LogP contribution in [0.3, 0.4) is 0 Å². The van der Waals surface area contributed by atoms with E-state index in [-0.39, 0.29) is 30.4 Å². The molecule has 2 aliphatic heterocycles. The average molecular weight is 436 g/mol. The first-order valence-electron chi connectivity index (χ1n) is 10.4. The Balaban J connectivity index is 1.18. The molecule has 0 unspecified atom stereocenters. The summed E-state index contributed by atoms with van der Waals surface area (Å²) in [5.41, 5.74) is 0. The largest absolute Gasteiger partial charge is 0.468 e. The Kier molecular flexibility index (Phi) is 5.91. The van der Waals surface area contributed by atoms with Crippen molar-refractivity contribution in [3.8, 4) is 0 Å². The van der Waals surface area contributed by atoms with Gasteiger partial charge in [0.1, 0.15) is 24.0 Å². The molecule has 4 heterocycles. The van der Waals surface area contributed by atoms with Crippen LogP contribution in [-0.4, -0.2) is 63.9 Å². The fourth-order valence-electron chi connectivity index (χ4n) is 4.36. The molecule has 2 aromatic heterocycles. The number of furan rings is 1. The Morgan fingerprint density at radius 2 is 2.10 bits per heavy atom. The molecule has 1 saturated carbocycles. The molecule has 162 valence electrons. The van der Waals surface area contributed by atoms with E-state index < -0.39 is 6.10 Å². The molecular weight excluding hydrogens is 410 g/mol. The van der Waals surface area contributed by atoms with Gasteiger partial charge in [-0.05, 0) is 35.4 Å². The number of ether oxygens (including phenoxy) is 3. The van der Waals surface area contributed by atoms with Gasteiger partial charge in [0.2, 0.25) is 5.16 Å². The molecule has 1 aliphatic carbocycles. The number of nitrogens with one attached hydrogen (secondary N) is 1. The Hall–Kier alpha value is -2.11. The Morgan fingerprint density at radius 1 is 1.23 bits per heavy atom. The van der Waals surface area contributed by atoms with Gasteiger partial charge in [-0.2, -0.15) is 0 Å². The molecule has 0 aromatic carbocycles. The Bertz CT molecular complexity index is 840. The van der Waals surface area contributed by atoms with Crippen LogP contribution in [0.2, 0.25) is 0 Å². The second-order valence-corrected chi connectivity index (χ2v) is 8.80. The van der Waals surface area contributed by atoms with Crippen molar-refractivity contribution in [3.63, 3.8) is 0 Å². The van der Waals surface area contributed by atoms with Crippen LogP contribution in [0.5, 0.6) is 0 Å². The maximum absolute atomic E-state index is 12.3. The van der Waals surface area contributed by atoms with Crippen LogP contribution in [0.4, 0.5) is 4.79 Å². The molecule has 2 saturated heterocycles. The number of carbonyl (C=O) groups excluding carboxylic acids is 1. The third-order valence-electron chi connectivity index (χ3n) is 5.87. The minimum absolute atomic E-state index is 0.167. The molecule has 30 heavy (non-hydrogen) atoms. The highest BCUT2D eigenvalue weighted by atomic mass is 32.2. The fourth-order valence-corrected chi connectivity index (χ4v) is 5.19. The van der Waals surface area contributed by atoms with Crippen molar-refractivity contribution in [1.82, 2.24) is 25.5 Å². The number of rotatable bonds is 6. The molecule has 0 radical (unpaired) electrons. The number of hydrogen-bond donors (Lipinski definition) is 1. The van der Waals surface area contributed by atoms with Crippen LogP contribution >= 0.6 is 11.8 Å². The van der Waals surface area contributed by atoms with Crippen LogP contribution < -0.4 is 5.32 Å². The van der Waals surface area contributed by atoms with E-state index in [1.165, 1.54) is 18.2 Å². The lowest BCUT2D eigenvalue weighted by molar-refractivity contribution is 0.00152. The van der Waals surface area contributed by atoms with Gasteiger partial charge < -0.3 is 23.9 Å². The normalized spacial score (nSPS) is 29.1. The minimum Gasteiger partial charge on any atom is -0.468 e. The highest BCUT2D eigenvalue weighted by Gasteiger charge is 2.51. The van der Waals surface area contributed by atoms with E-state index in [2.05, 4.69) is 20.8 Å². The summed E-state index contributed by atoms with van der Waals surface area (Å²) in [6, 6.07) is 3.80. The highest BCUT2D eigenvalue weighted by molar-refractivity contribution is 7.98. The van der Waals surface area contributed by atoms with Crippen molar-refractivity contribution in [2.75, 3.05) is 13.2 Å². The number of hydrogen-bond acceptors (Lipinski definition) is 9. The lowest BCUT2D eigenvalue weighted by Gasteiger charge is -2.24. The second kappa shape index (κ2) is 8.94. The quantitative estimate of drug-likeness (QED) is 0.683. The van der Waals surface area contributed by atoms with Gasteiger partial charge in [0.15, 0.2) is 6.10 Å². The summed E-state index contributed by atoms with van der Waals surface area (Å²) in [6.07, 6.45) is 5.81. The molecule has 11 heteroatoms. The topological polar surface area (TPSA) is 114 Å². The van der Waals surface area contributed by atoms with Crippen molar-refractivity contribution in [3.05, 3.63) is 24.2 Å². The summed E-state index contributed by atoms with van der Waals surface area (Å²) in [5.74, 6) is 1.48. The van der Waals surface area contributed by atoms with Crippen LogP contribution in [0.25, 0.3) is 0 Å². The number of tetrazole rings is 1. The van der Waals surface area contributed by atoms with Gasteiger partial charge in [-0.25, -0.2) is 9.48 Å². The van der Waals surface area contributed by atoms with E-state index >= 15 is 0 Å². The first kappa shape index (κ1) is 19.8. The smallest absolute Gasteiger partial charge is 0.407 e. The molecule has 1 N–H and O–H groups in total. The summed E-state index contributed by atoms with van der Waals surface area (Å²) in [5, 5.41) is 15.7. The minimum atomic E-state index is -0.431. The SMILES string of the molecule is O=C(NC1CCCCC1)O[C@@H]1CO[C@H]2[C@H]1OC[C@H]2n1nnnc1SCc1ccco1. The molecule has 2 aromatic rings. The van der Waals surface area contributed by atoms with Gasteiger partial charge in [-0.1, -0.05) is 31.0 Å². The zero-order valence-electron chi connectivity index (χ0n) is 16.5. The second-order valence-electron chi connectivity index (χ2n) is 7.86. The number of fused-ring (bicyclic) bond motifs is 1. The average Bonchev–Trinajstić information content (AvgIpc) is 3.53. The Labute approximate surface area is 178 Å². The zero-order valence-corrected chi connectivity index (χ0v) is 17.3. The number of alkyl carbamates (subject to hydrolysis) is 1. The molecule has 3 fully saturated rings. The molecule has 10 nitrogen and oxygen atoms in total. The van der Waals surface area contributed by atoms with Gasteiger partial charge in [-0.15, -0.1) is 5.10 Å². The van der Waals surface area contributed by atoms with E-state index in [0.717, 1.165) is 31.4 Å². The molecule has 0 spiro atoms. The maximum atomic E-state index is 12.3. The van der Waals surface area contributed by atoms with E-state index in [1.54, 1.807) is 10.9 Å². The van der Waals surface area contributed by atoms with Crippen molar-refractivity contribution < 1.29 is 23.4 Å². The number of amides is 1. The molecular formula is C19H25N5O5S. The first-order chi connectivity index (χ1) is 14.8. The van der Waals surface area contributed by atoms with E-state index in [0.29, 0.717) is 24.1 Å². The van der Waals surface area contributed by atoms with Crippen LogP contribution in [0, 0.1) is 0 Å². The third-order valence-corrected chi connectivity index (χ3v) is 6.82. The fraction of sp³-hybridized carbons (Fsp3) is 0.684. The predicted molar refractivity (Wildman–Crippen MR) is 105 cm³/mol. The summed E-state index contributed by atoms with van der Waals surface area (Å²) >= 11 is 1.49. The summed E-state index contributed by atoms with van der Waals surface area (Å²) < 4.78 is 24.6. The summed E-state index contributed by atoms with van der Waals surface area (Å²) in [6.45, 7) is 0.708. The lowest BCUT2D eigenvalue weighted by atomic mass is 9.96. The molecule has 0 bridgehead atoms. The zero-order chi connectivity index (χ0) is 20.3. The molecule has 4 atom stereocenters. The van der Waals surface area contributed by atoms with Crippen molar-refractivity contribution >= 4 is 17.9 Å². The molecule has 1 amide bonds. The van der Waals surface area contributed by atoms with Gasteiger partial charge in [0.05, 0.1) is 25.2 Å². The van der Waals surface area contributed by atoms with Crippen LogP contribution in [-0.2, 0) is 20.0 Å². The predicted octanol–water partition coefficient (Wildman–Crippen LogP) is 2.32. The number of thioether (sulfide) groups is 1. The third kappa shape index (κ3) is 4.19. The summed E-state index contributed by atoms with van der Waals surface area (Å²) in [7, 11) is 0. The number of nitrogens with zero attached hydrogens (tertiary/aromatic N) is 4. The standard InChI is InChI=1S/C19H25N5O5S/c25-19(20-12-5-2-1-3-6-12)29-15-10-28-16-14(9-27-17(15)16)24-18(21-22-23-24)30-11-13-7-4-8-26-13/h4,7-8,12,14-17H,1-3,5-6,9-11H2,(H,20,25)/t14-,15-,16-,17+/m1/s1. The number of aromatic nitrogens is 4. The van der Waals surface area contributed by atoms with Gasteiger partial charge >= 0.3 is 6.09 Å². The monoisotopic (exact) mass is 435 g/mol. The summed E-state index contributed by atoms with van der Waals surface area (Å²) in [4.78, 5) is 12.3. The van der Waals surface area contributed by atoms with Crippen LogP contribution in [0.1, 0.15) is 43.9 Å². The highest BCUT2D eigenvalue weighted by Crippen LogP contribution is 2.37. The van der Waals surface area contributed by atoms with Gasteiger partial charge in [-0.3, -0.25) is 0 Å². The van der Waals surface area contributed by atoms with E-state index in [1.807, 2.05) is 12.1 Å². The van der Waals surface area contributed by atoms with Crippen LogP contribution in [0.15, 0.2) is 28.0 Å². The lowest BCUT2D eigenvalue weighted by Crippen LogP contribution is -2.41. The number of carbonyl (C=O) groups is 1. The van der Waals surface area contributed by atoms with Crippen molar-refractivity contribution in [1.29, 1.82) is 0 Å². The molecule has 5 rings (SSSR count). The Morgan fingerprint density at radius 3 is 2.93 bits per heavy atom. The van der Waals surface area contributed by atoms with Crippen molar-refractivity contribution in [2.24, 2.45) is 0 Å². The van der Waals surface area contributed by atoms with E-state index in [4.69, 9.17) is 18.6 Å². The first-order valence-corrected chi connectivity index (χ1v) is 11.4. The van der Waals surface area contributed by atoms with Gasteiger partial charge in [0, 0.05) is 6.04 Å². The van der Waals surface area contributed by atoms with E-state index in [9.17, 15) is 4.79 Å². The van der Waals surface area contributed by atoms with Gasteiger partial charge in [0.25, 0.3) is 0 Å². The molecule has 3 aliphatic rings.